The first-order valence-electron chi connectivity index (χ1n) is 7.74. The Morgan fingerprint density at radius 2 is 1.50 bits per heavy atom. The van der Waals surface area contributed by atoms with Crippen LogP contribution in [0.15, 0.2) is 60.7 Å². The monoisotopic (exact) mass is 358 g/mol. The fourth-order valence-corrected chi connectivity index (χ4v) is 4.22. The van der Waals surface area contributed by atoms with Gasteiger partial charge in [0.2, 0.25) is 5.79 Å². The third kappa shape index (κ3) is 2.23. The Kier molecular flexibility index (Phi) is 3.60. The number of halogens is 1. The number of fused-ring (bicyclic) bond motifs is 1. The van der Waals surface area contributed by atoms with Gasteiger partial charge in [0.05, 0.1) is 13.2 Å². The van der Waals surface area contributed by atoms with Crippen LogP contribution in [0.3, 0.4) is 0 Å². The molecule has 1 saturated heterocycles. The lowest BCUT2D eigenvalue weighted by atomic mass is 9.97. The minimum Gasteiger partial charge on any atom is -0.342 e. The van der Waals surface area contributed by atoms with E-state index in [1.54, 1.807) is 0 Å². The fourth-order valence-electron chi connectivity index (χ4n) is 3.37. The highest BCUT2D eigenvalue weighted by Crippen LogP contribution is 2.57. The Balaban J connectivity index is 1.77. The van der Waals surface area contributed by atoms with Crippen LogP contribution in [0.2, 0.25) is 0 Å². The topological polar surface area (TPSA) is 18.5 Å². The first kappa shape index (κ1) is 14.4. The van der Waals surface area contributed by atoms with Gasteiger partial charge in [-0.3, -0.25) is 0 Å². The van der Waals surface area contributed by atoms with Gasteiger partial charge < -0.3 is 9.47 Å². The van der Waals surface area contributed by atoms with E-state index in [1.807, 2.05) is 36.4 Å². The number of rotatable bonds is 3. The van der Waals surface area contributed by atoms with Crippen molar-refractivity contribution in [2.45, 2.75) is 12.2 Å². The lowest BCUT2D eigenvalue weighted by Gasteiger charge is -2.34. The highest BCUT2D eigenvalue weighted by Gasteiger charge is 2.58. The molecular weight excluding hydrogens is 340 g/mol. The van der Waals surface area contributed by atoms with Crippen molar-refractivity contribution >= 4 is 15.9 Å². The normalized spacial score (nSPS) is 29.4. The van der Waals surface area contributed by atoms with Crippen molar-refractivity contribution < 1.29 is 9.47 Å². The standard InChI is InChI=1S/C19H19BrO2/c20-13-18-11-17(18)12-21-19(22-14-18,15-7-3-1-4-8-15)16-9-5-2-6-10-16/h1-10,17H,11-14H2/t17-,18?/m0/s1. The van der Waals surface area contributed by atoms with E-state index in [-0.39, 0.29) is 5.41 Å². The highest BCUT2D eigenvalue weighted by atomic mass is 79.9. The van der Waals surface area contributed by atoms with Crippen molar-refractivity contribution in [3.63, 3.8) is 0 Å². The lowest BCUT2D eigenvalue weighted by molar-refractivity contribution is -0.213. The molecule has 2 aromatic carbocycles. The molecule has 0 radical (unpaired) electrons. The molecule has 0 bridgehead atoms. The third-order valence-corrected chi connectivity index (χ3v) is 6.10. The number of hydrogen-bond acceptors (Lipinski definition) is 2. The smallest absolute Gasteiger partial charge is 0.222 e. The summed E-state index contributed by atoms with van der Waals surface area (Å²) in [5.74, 6) is -0.188. The minimum absolute atomic E-state index is 0.255. The van der Waals surface area contributed by atoms with Gasteiger partial charge in [0.15, 0.2) is 0 Å². The van der Waals surface area contributed by atoms with Crippen LogP contribution in [0, 0.1) is 11.3 Å². The van der Waals surface area contributed by atoms with Gasteiger partial charge in [-0.25, -0.2) is 0 Å². The second-order valence-corrected chi connectivity index (χ2v) is 6.91. The van der Waals surface area contributed by atoms with E-state index < -0.39 is 5.79 Å². The highest BCUT2D eigenvalue weighted by molar-refractivity contribution is 9.09. The fraction of sp³-hybridized carbons (Fsp3) is 0.368. The molecule has 0 spiro atoms. The molecule has 1 saturated carbocycles. The summed E-state index contributed by atoms with van der Waals surface area (Å²) in [5, 5.41) is 0.980. The zero-order valence-electron chi connectivity index (χ0n) is 12.4. The van der Waals surface area contributed by atoms with Gasteiger partial charge in [0.25, 0.3) is 0 Å². The van der Waals surface area contributed by atoms with Crippen LogP contribution in [0.1, 0.15) is 17.5 Å². The van der Waals surface area contributed by atoms with Crippen LogP contribution >= 0.6 is 15.9 Å². The molecule has 22 heavy (non-hydrogen) atoms. The molecule has 2 aromatic rings. The predicted molar refractivity (Wildman–Crippen MR) is 89.9 cm³/mol. The summed E-state index contributed by atoms with van der Waals surface area (Å²) >= 11 is 3.66. The van der Waals surface area contributed by atoms with Crippen LogP contribution in [-0.2, 0) is 15.3 Å². The van der Waals surface area contributed by atoms with Gasteiger partial charge >= 0.3 is 0 Å². The zero-order valence-corrected chi connectivity index (χ0v) is 14.0. The summed E-state index contributed by atoms with van der Waals surface area (Å²) in [6.07, 6.45) is 1.19. The molecule has 0 aromatic heterocycles. The number of alkyl halides is 1. The molecule has 114 valence electrons. The van der Waals surface area contributed by atoms with E-state index in [0.29, 0.717) is 5.92 Å². The second-order valence-electron chi connectivity index (χ2n) is 6.35. The Morgan fingerprint density at radius 3 is 2.05 bits per heavy atom. The van der Waals surface area contributed by atoms with Crippen LogP contribution in [0.4, 0.5) is 0 Å². The second kappa shape index (κ2) is 5.48. The lowest BCUT2D eigenvalue weighted by Crippen LogP contribution is -2.35. The van der Waals surface area contributed by atoms with Crippen LogP contribution < -0.4 is 0 Å². The molecule has 1 unspecified atom stereocenters. The molecule has 0 N–H and O–H groups in total. The average Bonchev–Trinajstić information content (AvgIpc) is 3.32. The Labute approximate surface area is 139 Å². The summed E-state index contributed by atoms with van der Waals surface area (Å²) < 4.78 is 12.9. The molecule has 1 aliphatic carbocycles. The molecule has 2 atom stereocenters. The van der Waals surface area contributed by atoms with Crippen molar-refractivity contribution in [3.8, 4) is 0 Å². The van der Waals surface area contributed by atoms with Crippen LogP contribution in [-0.4, -0.2) is 18.5 Å². The van der Waals surface area contributed by atoms with Crippen molar-refractivity contribution in [1.82, 2.24) is 0 Å². The van der Waals surface area contributed by atoms with Gasteiger partial charge in [-0.2, -0.15) is 0 Å². The maximum atomic E-state index is 6.46. The number of hydrogen-bond donors (Lipinski definition) is 0. The maximum Gasteiger partial charge on any atom is 0.222 e. The summed E-state index contributed by atoms with van der Waals surface area (Å²) in [6, 6.07) is 20.6. The van der Waals surface area contributed by atoms with Crippen molar-refractivity contribution in [2.24, 2.45) is 11.3 Å². The van der Waals surface area contributed by atoms with Gasteiger partial charge in [0, 0.05) is 21.9 Å². The average molecular weight is 359 g/mol. The Bertz CT molecular complexity index is 603. The molecule has 2 aliphatic rings. The molecule has 2 fully saturated rings. The Morgan fingerprint density at radius 1 is 0.909 bits per heavy atom. The van der Waals surface area contributed by atoms with E-state index >= 15 is 0 Å². The quantitative estimate of drug-likeness (QED) is 0.760. The first-order valence-corrected chi connectivity index (χ1v) is 8.86. The summed E-state index contributed by atoms with van der Waals surface area (Å²) in [4.78, 5) is 0. The molecule has 0 amide bonds. The largest absolute Gasteiger partial charge is 0.342 e. The molecule has 2 nitrogen and oxygen atoms in total. The van der Waals surface area contributed by atoms with Gasteiger partial charge in [-0.15, -0.1) is 0 Å². The Hall–Kier alpha value is -1.16. The van der Waals surface area contributed by atoms with Crippen molar-refractivity contribution in [1.29, 1.82) is 0 Å². The molecule has 1 heterocycles. The van der Waals surface area contributed by atoms with E-state index in [9.17, 15) is 0 Å². The van der Waals surface area contributed by atoms with Gasteiger partial charge in [0.1, 0.15) is 0 Å². The summed E-state index contributed by atoms with van der Waals surface area (Å²) in [5.41, 5.74) is 2.38. The van der Waals surface area contributed by atoms with E-state index in [4.69, 9.17) is 9.47 Å². The van der Waals surface area contributed by atoms with Crippen molar-refractivity contribution in [2.75, 3.05) is 18.5 Å². The minimum atomic E-state index is -0.787. The molecule has 3 heteroatoms. The first-order chi connectivity index (χ1) is 10.8. The molecular formula is C19H19BrO2. The van der Waals surface area contributed by atoms with E-state index in [0.717, 1.165) is 29.7 Å². The summed E-state index contributed by atoms with van der Waals surface area (Å²) in [6.45, 7) is 1.47. The molecule has 4 rings (SSSR count). The zero-order chi connectivity index (χ0) is 15.0. The van der Waals surface area contributed by atoms with Crippen LogP contribution in [0.5, 0.6) is 0 Å². The van der Waals surface area contributed by atoms with Gasteiger partial charge in [-0.1, -0.05) is 76.6 Å². The molecule has 1 aliphatic heterocycles. The van der Waals surface area contributed by atoms with Crippen LogP contribution in [0.25, 0.3) is 0 Å². The summed E-state index contributed by atoms with van der Waals surface area (Å²) in [7, 11) is 0. The van der Waals surface area contributed by atoms with E-state index in [1.165, 1.54) is 6.42 Å². The van der Waals surface area contributed by atoms with Crippen molar-refractivity contribution in [3.05, 3.63) is 71.8 Å². The van der Waals surface area contributed by atoms with E-state index in [2.05, 4.69) is 40.2 Å². The SMILES string of the molecule is BrCC12COC(c3ccccc3)(c3ccccc3)OC[C@@H]1C2. The third-order valence-electron chi connectivity index (χ3n) is 4.98. The maximum absolute atomic E-state index is 6.46. The van der Waals surface area contributed by atoms with Gasteiger partial charge in [-0.05, 0) is 12.3 Å². The number of benzene rings is 2. The number of ether oxygens (including phenoxy) is 2. The predicted octanol–water partition coefficient (Wildman–Crippen LogP) is 4.34.